The first-order chi connectivity index (χ1) is 15.2. The summed E-state index contributed by atoms with van der Waals surface area (Å²) in [5, 5.41) is 0.399. The summed E-state index contributed by atoms with van der Waals surface area (Å²) < 4.78 is 55.5. The van der Waals surface area contributed by atoms with Crippen LogP contribution in [-0.2, 0) is 31.1 Å². The average molecular weight is 466 g/mol. The Kier molecular flexibility index (Phi) is 5.65. The van der Waals surface area contributed by atoms with Gasteiger partial charge in [-0.1, -0.05) is 6.92 Å². The van der Waals surface area contributed by atoms with Crippen molar-refractivity contribution < 1.29 is 17.4 Å². The lowest BCUT2D eigenvalue weighted by atomic mass is 10.2. The molecule has 3 aromatic rings. The van der Waals surface area contributed by atoms with Gasteiger partial charge in [-0.05, 0) is 18.9 Å². The van der Waals surface area contributed by atoms with Crippen molar-refractivity contribution >= 4 is 33.8 Å². The minimum absolute atomic E-state index is 0.0719. The molecule has 1 unspecified atom stereocenters. The zero-order valence-electron chi connectivity index (χ0n) is 17.7. The molecule has 1 atom stereocenters. The minimum atomic E-state index is -4.53. The van der Waals surface area contributed by atoms with Crippen LogP contribution in [0.25, 0.3) is 28.3 Å². The summed E-state index contributed by atoms with van der Waals surface area (Å²) in [6, 6.07) is 1.22. The molecule has 0 amide bonds. The number of aliphatic imine (C=N–C) groups is 1. The molecular weight excluding hydrogens is 443 g/mol. The summed E-state index contributed by atoms with van der Waals surface area (Å²) >= 11 is 0. The zero-order chi connectivity index (χ0) is 23.2. The number of nitrogens with two attached hydrogens (primary N) is 1. The van der Waals surface area contributed by atoms with Gasteiger partial charge in [-0.15, -0.1) is 0 Å². The largest absolute Gasteiger partial charge is 0.417 e. The lowest BCUT2D eigenvalue weighted by molar-refractivity contribution is -0.137. The van der Waals surface area contributed by atoms with Gasteiger partial charge in [0.2, 0.25) is 0 Å². The van der Waals surface area contributed by atoms with Crippen molar-refractivity contribution in [2.45, 2.75) is 37.0 Å². The van der Waals surface area contributed by atoms with E-state index in [0.717, 1.165) is 25.1 Å². The molecule has 0 radical (unpaired) electrons. The first-order valence-electron chi connectivity index (χ1n) is 9.96. The second-order valence-corrected chi connectivity index (χ2v) is 9.13. The maximum absolute atomic E-state index is 13.1. The number of alkyl halides is 3. The maximum Gasteiger partial charge on any atom is 0.417 e. The molecule has 8 nitrogen and oxygen atoms in total. The highest BCUT2D eigenvalue weighted by Crippen LogP contribution is 2.33. The van der Waals surface area contributed by atoms with Gasteiger partial charge in [0, 0.05) is 38.5 Å². The number of aryl methyl sites for hydroxylation is 1. The molecule has 1 aliphatic rings. The van der Waals surface area contributed by atoms with Crippen molar-refractivity contribution in [2.75, 3.05) is 5.75 Å². The van der Waals surface area contributed by atoms with E-state index < -0.39 is 22.5 Å². The van der Waals surface area contributed by atoms with E-state index >= 15 is 0 Å². The maximum atomic E-state index is 13.1. The Morgan fingerprint density at radius 1 is 1.31 bits per heavy atom. The fourth-order valence-electron chi connectivity index (χ4n) is 3.31. The lowest BCUT2D eigenvalue weighted by Gasteiger charge is -2.06. The van der Waals surface area contributed by atoms with E-state index in [4.69, 9.17) is 5.73 Å². The van der Waals surface area contributed by atoms with E-state index in [1.165, 1.54) is 6.20 Å². The molecule has 32 heavy (non-hydrogen) atoms. The van der Waals surface area contributed by atoms with Crippen LogP contribution in [0.3, 0.4) is 0 Å². The fourth-order valence-corrected chi connectivity index (χ4v) is 4.33. The monoisotopic (exact) mass is 465 g/mol. The second kappa shape index (κ2) is 8.15. The third kappa shape index (κ3) is 3.94. The topological polar surface area (TPSA) is 104 Å². The highest BCUT2D eigenvalue weighted by atomic mass is 32.2. The molecule has 1 fully saturated rings. The molecule has 3 aromatic heterocycles. The normalized spacial score (nSPS) is 16.4. The lowest BCUT2D eigenvalue weighted by Crippen LogP contribution is -2.07. The zero-order valence-corrected chi connectivity index (χ0v) is 18.5. The van der Waals surface area contributed by atoms with Gasteiger partial charge in [0.15, 0.2) is 11.5 Å². The Bertz CT molecular complexity index is 1270. The average Bonchev–Trinajstić information content (AvgIpc) is 3.45. The quantitative estimate of drug-likeness (QED) is 0.564. The Labute approximate surface area is 184 Å². The van der Waals surface area contributed by atoms with Gasteiger partial charge < -0.3 is 14.9 Å². The molecule has 170 valence electrons. The summed E-state index contributed by atoms with van der Waals surface area (Å²) in [4.78, 5) is 17.4. The molecule has 4 rings (SSSR count). The minimum Gasteiger partial charge on any atom is -0.404 e. The molecule has 3 heterocycles. The van der Waals surface area contributed by atoms with E-state index in [2.05, 4.69) is 19.9 Å². The summed E-state index contributed by atoms with van der Waals surface area (Å²) in [5.74, 6) is 1.03. The number of fused-ring (bicyclic) bond motifs is 1. The van der Waals surface area contributed by atoms with E-state index in [1.54, 1.807) is 36.4 Å². The highest BCUT2D eigenvalue weighted by molar-refractivity contribution is 7.85. The van der Waals surface area contributed by atoms with Gasteiger partial charge in [0.05, 0.1) is 28.0 Å². The van der Waals surface area contributed by atoms with Crippen molar-refractivity contribution in [1.82, 2.24) is 24.1 Å². The number of allylic oxidation sites excluding steroid dienone is 1. The van der Waals surface area contributed by atoms with E-state index in [9.17, 15) is 17.4 Å². The molecule has 1 saturated carbocycles. The standard InChI is InChI=1S/C20H22F3N7OS/c1-4-32(31)19-15(28-16(30(19)3)11(8-24)9-25-13-5-6-13)18-27-14-7-12(20(21,22)23)10-26-17(14)29(18)2/h7-10,13H,4-6,24H2,1-3H3. The number of imidazole rings is 2. The highest BCUT2D eigenvalue weighted by Gasteiger charge is 2.32. The Hall–Kier alpha value is -3.02. The van der Waals surface area contributed by atoms with E-state index in [-0.39, 0.29) is 23.0 Å². The van der Waals surface area contributed by atoms with Crippen LogP contribution in [0.2, 0.25) is 0 Å². The number of hydrogen-bond acceptors (Lipinski definition) is 6. The van der Waals surface area contributed by atoms with Crippen molar-refractivity contribution in [3.05, 3.63) is 29.9 Å². The van der Waals surface area contributed by atoms with Gasteiger partial charge >= 0.3 is 6.18 Å². The molecule has 0 saturated heterocycles. The van der Waals surface area contributed by atoms with Crippen LogP contribution in [0.15, 0.2) is 28.5 Å². The molecule has 1 aliphatic carbocycles. The number of aromatic nitrogens is 5. The van der Waals surface area contributed by atoms with Crippen molar-refractivity contribution in [3.63, 3.8) is 0 Å². The number of pyridine rings is 1. The summed E-state index contributed by atoms with van der Waals surface area (Å²) in [6.45, 7) is 1.77. The van der Waals surface area contributed by atoms with Crippen LogP contribution >= 0.6 is 0 Å². The first-order valence-corrected chi connectivity index (χ1v) is 11.3. The predicted molar refractivity (Wildman–Crippen MR) is 116 cm³/mol. The molecule has 0 spiro atoms. The summed E-state index contributed by atoms with van der Waals surface area (Å²) in [7, 11) is 1.92. The van der Waals surface area contributed by atoms with E-state index in [0.29, 0.717) is 27.9 Å². The smallest absolute Gasteiger partial charge is 0.404 e. The van der Waals surface area contributed by atoms with Crippen LogP contribution < -0.4 is 5.73 Å². The van der Waals surface area contributed by atoms with Gasteiger partial charge in [-0.2, -0.15) is 13.2 Å². The summed E-state index contributed by atoms with van der Waals surface area (Å²) in [5.41, 5.74) is 6.11. The van der Waals surface area contributed by atoms with Gasteiger partial charge in [-0.25, -0.2) is 15.0 Å². The second-order valence-electron chi connectivity index (χ2n) is 7.47. The molecule has 0 aromatic carbocycles. The van der Waals surface area contributed by atoms with Crippen molar-refractivity contribution in [3.8, 4) is 11.5 Å². The fraction of sp³-hybridized carbons (Fsp3) is 0.400. The number of rotatable bonds is 6. The van der Waals surface area contributed by atoms with Crippen LogP contribution in [0.1, 0.15) is 31.2 Å². The van der Waals surface area contributed by atoms with Crippen molar-refractivity contribution in [2.24, 2.45) is 24.8 Å². The third-order valence-corrected chi connectivity index (χ3v) is 6.60. The third-order valence-electron chi connectivity index (χ3n) is 5.18. The van der Waals surface area contributed by atoms with Crippen molar-refractivity contribution in [1.29, 1.82) is 0 Å². The number of nitrogens with zero attached hydrogens (tertiary/aromatic N) is 6. The molecule has 2 N–H and O–H groups in total. The molecular formula is C20H22F3N7OS. The van der Waals surface area contributed by atoms with Gasteiger partial charge in [0.25, 0.3) is 0 Å². The molecule has 0 bridgehead atoms. The van der Waals surface area contributed by atoms with Gasteiger partial charge in [0.1, 0.15) is 22.1 Å². The first kappa shape index (κ1) is 22.2. The molecule has 12 heteroatoms. The van der Waals surface area contributed by atoms with Gasteiger partial charge in [-0.3, -0.25) is 9.20 Å². The van der Waals surface area contributed by atoms with Crippen LogP contribution in [0, 0.1) is 0 Å². The molecule has 0 aliphatic heterocycles. The van der Waals surface area contributed by atoms with Crippen LogP contribution in [0.4, 0.5) is 13.2 Å². The SMILES string of the molecule is CCS(=O)c1c(-c2nc3cc(C(F)(F)F)cnc3n2C)nc(C(C=NC2CC2)=CN)n1C. The predicted octanol–water partition coefficient (Wildman–Crippen LogP) is 3.05. The Morgan fingerprint density at radius 3 is 2.62 bits per heavy atom. The number of halogens is 3. The number of hydrogen-bond donors (Lipinski definition) is 1. The van der Waals surface area contributed by atoms with Crippen LogP contribution in [-0.4, -0.2) is 46.3 Å². The Balaban J connectivity index is 1.89. The van der Waals surface area contributed by atoms with Crippen LogP contribution in [0.5, 0.6) is 0 Å². The summed E-state index contributed by atoms with van der Waals surface area (Å²) in [6.07, 6.45) is 1.31. The Morgan fingerprint density at radius 2 is 2.03 bits per heavy atom. The van der Waals surface area contributed by atoms with E-state index in [1.807, 2.05) is 0 Å².